The van der Waals surface area contributed by atoms with E-state index in [1.54, 1.807) is 7.11 Å². The number of methoxy groups -OCH3 is 1. The summed E-state index contributed by atoms with van der Waals surface area (Å²) in [6.07, 6.45) is 6.42. The lowest BCUT2D eigenvalue weighted by molar-refractivity contribution is -0.132. The van der Waals surface area contributed by atoms with Crippen molar-refractivity contribution in [1.29, 1.82) is 0 Å². The molecular weight excluding hydrogens is 228 g/mol. The molecular formula is C14H28N2O2. The lowest BCUT2D eigenvalue weighted by Crippen LogP contribution is -2.42. The van der Waals surface area contributed by atoms with E-state index >= 15 is 0 Å². The molecule has 18 heavy (non-hydrogen) atoms. The van der Waals surface area contributed by atoms with E-state index in [2.05, 4.69) is 12.2 Å². The smallest absolute Gasteiger partial charge is 0.222 e. The highest BCUT2D eigenvalue weighted by molar-refractivity contribution is 5.76. The molecule has 4 heteroatoms. The van der Waals surface area contributed by atoms with Crippen LogP contribution < -0.4 is 5.32 Å². The molecule has 1 fully saturated rings. The molecule has 0 radical (unpaired) electrons. The minimum Gasteiger partial charge on any atom is -0.383 e. The first kappa shape index (κ1) is 15.4. The maximum Gasteiger partial charge on any atom is 0.222 e. The molecule has 106 valence electrons. The summed E-state index contributed by atoms with van der Waals surface area (Å²) >= 11 is 0. The summed E-state index contributed by atoms with van der Waals surface area (Å²) in [5.74, 6) is 0.286. The van der Waals surface area contributed by atoms with Crippen molar-refractivity contribution in [2.45, 2.75) is 51.5 Å². The van der Waals surface area contributed by atoms with Crippen LogP contribution in [-0.2, 0) is 9.53 Å². The molecule has 1 atom stereocenters. The molecule has 1 aliphatic heterocycles. The van der Waals surface area contributed by atoms with Gasteiger partial charge in [0.1, 0.15) is 0 Å². The predicted molar refractivity (Wildman–Crippen MR) is 73.6 cm³/mol. The van der Waals surface area contributed by atoms with Gasteiger partial charge in [-0.3, -0.25) is 4.79 Å². The summed E-state index contributed by atoms with van der Waals surface area (Å²) < 4.78 is 5.10. The summed E-state index contributed by atoms with van der Waals surface area (Å²) in [5.41, 5.74) is 0. The second kappa shape index (κ2) is 9.34. The zero-order valence-corrected chi connectivity index (χ0v) is 11.9. The van der Waals surface area contributed by atoms with E-state index < -0.39 is 0 Å². The molecule has 1 N–H and O–H groups in total. The van der Waals surface area contributed by atoms with Gasteiger partial charge in [0.05, 0.1) is 6.61 Å². The Bertz CT molecular complexity index is 228. The van der Waals surface area contributed by atoms with E-state index in [9.17, 15) is 4.79 Å². The van der Waals surface area contributed by atoms with Crippen LogP contribution in [0.1, 0.15) is 45.4 Å². The van der Waals surface area contributed by atoms with Gasteiger partial charge < -0.3 is 15.0 Å². The number of rotatable bonds is 9. The summed E-state index contributed by atoms with van der Waals surface area (Å²) in [6.45, 7) is 5.45. The van der Waals surface area contributed by atoms with Crippen LogP contribution in [0.4, 0.5) is 0 Å². The number of hydrogen-bond donors (Lipinski definition) is 1. The number of hydrogen-bond acceptors (Lipinski definition) is 3. The zero-order valence-electron chi connectivity index (χ0n) is 11.9. The Morgan fingerprint density at radius 1 is 1.44 bits per heavy atom. The van der Waals surface area contributed by atoms with E-state index in [0.717, 1.165) is 38.9 Å². The first-order valence-corrected chi connectivity index (χ1v) is 7.28. The molecule has 0 aromatic heterocycles. The molecule has 0 aromatic carbocycles. The van der Waals surface area contributed by atoms with Gasteiger partial charge in [-0.2, -0.15) is 0 Å². The fraction of sp³-hybridized carbons (Fsp3) is 0.929. The molecule has 0 aromatic rings. The van der Waals surface area contributed by atoms with E-state index in [1.807, 2.05) is 4.90 Å². The average Bonchev–Trinajstić information content (AvgIpc) is 2.87. The van der Waals surface area contributed by atoms with Gasteiger partial charge in [-0.05, 0) is 25.8 Å². The van der Waals surface area contributed by atoms with Crippen LogP contribution in [0.2, 0.25) is 0 Å². The molecule has 1 rings (SSSR count). The number of unbranched alkanes of at least 4 members (excludes halogenated alkanes) is 2. The molecule has 0 spiro atoms. The number of nitrogens with zero attached hydrogens (tertiary/aromatic N) is 1. The maximum absolute atomic E-state index is 12.2. The Kier molecular flexibility index (Phi) is 8.01. The molecule has 1 aliphatic rings. The van der Waals surface area contributed by atoms with E-state index in [0.29, 0.717) is 19.1 Å². The second-order valence-corrected chi connectivity index (χ2v) is 5.08. The van der Waals surface area contributed by atoms with E-state index in [-0.39, 0.29) is 5.91 Å². The second-order valence-electron chi connectivity index (χ2n) is 5.08. The number of nitrogens with one attached hydrogen (secondary N) is 1. The molecule has 0 saturated carbocycles. The fourth-order valence-electron chi connectivity index (χ4n) is 2.38. The van der Waals surface area contributed by atoms with Crippen molar-refractivity contribution in [2.75, 3.05) is 33.4 Å². The van der Waals surface area contributed by atoms with Crippen molar-refractivity contribution in [3.8, 4) is 0 Å². The van der Waals surface area contributed by atoms with Gasteiger partial charge in [0.25, 0.3) is 0 Å². The van der Waals surface area contributed by atoms with Crippen LogP contribution in [0, 0.1) is 0 Å². The van der Waals surface area contributed by atoms with Gasteiger partial charge in [0, 0.05) is 32.7 Å². The SMILES string of the molecule is CCCCCC(=O)N(CCOC)CC1CCCN1. The normalized spacial score (nSPS) is 19.1. The summed E-state index contributed by atoms with van der Waals surface area (Å²) in [7, 11) is 1.69. The number of amides is 1. The van der Waals surface area contributed by atoms with Crippen molar-refractivity contribution in [2.24, 2.45) is 0 Å². The Morgan fingerprint density at radius 3 is 2.89 bits per heavy atom. The van der Waals surface area contributed by atoms with Gasteiger partial charge in [-0.1, -0.05) is 19.8 Å². The van der Waals surface area contributed by atoms with Crippen molar-refractivity contribution >= 4 is 5.91 Å². The van der Waals surface area contributed by atoms with E-state index in [1.165, 1.54) is 12.8 Å². The molecule has 0 aliphatic carbocycles. The Morgan fingerprint density at radius 2 is 2.28 bits per heavy atom. The van der Waals surface area contributed by atoms with Crippen LogP contribution in [0.25, 0.3) is 0 Å². The highest BCUT2D eigenvalue weighted by Gasteiger charge is 2.20. The fourth-order valence-corrected chi connectivity index (χ4v) is 2.38. The summed E-state index contributed by atoms with van der Waals surface area (Å²) in [5, 5.41) is 3.45. The third-order valence-corrected chi connectivity index (χ3v) is 3.52. The molecule has 1 saturated heterocycles. The van der Waals surface area contributed by atoms with Gasteiger partial charge in [-0.25, -0.2) is 0 Å². The van der Waals surface area contributed by atoms with Crippen LogP contribution in [-0.4, -0.2) is 50.2 Å². The van der Waals surface area contributed by atoms with Gasteiger partial charge in [0.2, 0.25) is 5.91 Å². The summed E-state index contributed by atoms with van der Waals surface area (Å²) in [6, 6.07) is 0.483. The van der Waals surface area contributed by atoms with Crippen LogP contribution in [0.3, 0.4) is 0 Å². The van der Waals surface area contributed by atoms with Crippen molar-refractivity contribution in [1.82, 2.24) is 10.2 Å². The minimum atomic E-state index is 0.286. The highest BCUT2D eigenvalue weighted by atomic mass is 16.5. The first-order valence-electron chi connectivity index (χ1n) is 7.28. The highest BCUT2D eigenvalue weighted by Crippen LogP contribution is 2.09. The summed E-state index contributed by atoms with van der Waals surface area (Å²) in [4.78, 5) is 14.1. The van der Waals surface area contributed by atoms with Crippen molar-refractivity contribution in [3.63, 3.8) is 0 Å². The monoisotopic (exact) mass is 256 g/mol. The van der Waals surface area contributed by atoms with E-state index in [4.69, 9.17) is 4.74 Å². The topological polar surface area (TPSA) is 41.6 Å². The maximum atomic E-state index is 12.2. The Balaban J connectivity index is 2.34. The molecule has 1 unspecified atom stereocenters. The van der Waals surface area contributed by atoms with Crippen LogP contribution in [0.15, 0.2) is 0 Å². The number of carbonyl (C=O) groups is 1. The molecule has 1 amide bonds. The number of carbonyl (C=O) groups excluding carboxylic acids is 1. The average molecular weight is 256 g/mol. The first-order chi connectivity index (χ1) is 8.77. The molecule has 1 heterocycles. The molecule has 4 nitrogen and oxygen atoms in total. The third kappa shape index (κ3) is 5.83. The standard InChI is InChI=1S/C14H28N2O2/c1-3-4-5-8-14(17)16(10-11-18-2)12-13-7-6-9-15-13/h13,15H,3-12H2,1-2H3. The Hall–Kier alpha value is -0.610. The van der Waals surface area contributed by atoms with Crippen LogP contribution >= 0.6 is 0 Å². The Labute approximate surface area is 111 Å². The minimum absolute atomic E-state index is 0.286. The predicted octanol–water partition coefficient (Wildman–Crippen LogP) is 1.79. The lowest BCUT2D eigenvalue weighted by Gasteiger charge is -2.25. The lowest BCUT2D eigenvalue weighted by atomic mass is 10.1. The van der Waals surface area contributed by atoms with Crippen molar-refractivity contribution in [3.05, 3.63) is 0 Å². The van der Waals surface area contributed by atoms with Crippen molar-refractivity contribution < 1.29 is 9.53 Å². The van der Waals surface area contributed by atoms with Gasteiger partial charge >= 0.3 is 0 Å². The quantitative estimate of drug-likeness (QED) is 0.640. The number of ether oxygens (including phenoxy) is 1. The van der Waals surface area contributed by atoms with Crippen LogP contribution in [0.5, 0.6) is 0 Å². The zero-order chi connectivity index (χ0) is 13.2. The van der Waals surface area contributed by atoms with Gasteiger partial charge in [0.15, 0.2) is 0 Å². The third-order valence-electron chi connectivity index (χ3n) is 3.52. The van der Waals surface area contributed by atoms with Gasteiger partial charge in [-0.15, -0.1) is 0 Å². The largest absolute Gasteiger partial charge is 0.383 e. The molecule has 0 bridgehead atoms.